The molecule has 0 fully saturated rings. The van der Waals surface area contributed by atoms with E-state index in [9.17, 15) is 4.79 Å². The number of amides is 2. The van der Waals surface area contributed by atoms with Crippen molar-refractivity contribution in [3.05, 3.63) is 64.7 Å². The Morgan fingerprint density at radius 3 is 2.77 bits per heavy atom. The number of hydrogen-bond donors (Lipinski definition) is 1. The molecule has 5 heteroatoms. The Bertz CT molecular complexity index is 806. The molecule has 0 saturated heterocycles. The number of nitrogens with one attached hydrogen (secondary N) is 1. The van der Waals surface area contributed by atoms with Crippen LogP contribution < -0.4 is 10.1 Å². The highest BCUT2D eigenvalue weighted by Gasteiger charge is 2.20. The van der Waals surface area contributed by atoms with Crippen molar-refractivity contribution in [3.8, 4) is 5.75 Å². The summed E-state index contributed by atoms with van der Waals surface area (Å²) in [4.78, 5) is 16.3. The number of nitrogens with zero attached hydrogens (tertiary/aromatic N) is 2. The van der Waals surface area contributed by atoms with Gasteiger partial charge in [-0.05, 0) is 35.2 Å². The number of fused-ring (bicyclic) bond motifs is 2. The van der Waals surface area contributed by atoms with Crippen molar-refractivity contribution in [2.45, 2.75) is 26.1 Å². The van der Waals surface area contributed by atoms with Gasteiger partial charge in [0.1, 0.15) is 12.4 Å². The second-order valence-electron chi connectivity index (χ2n) is 7.00. The van der Waals surface area contributed by atoms with E-state index in [1.807, 2.05) is 0 Å². The van der Waals surface area contributed by atoms with E-state index < -0.39 is 0 Å². The molecule has 136 valence electrons. The predicted octanol–water partition coefficient (Wildman–Crippen LogP) is 2.78. The third kappa shape index (κ3) is 3.53. The summed E-state index contributed by atoms with van der Waals surface area (Å²) in [6, 6.07) is 15.0. The van der Waals surface area contributed by atoms with E-state index >= 15 is 0 Å². The Morgan fingerprint density at radius 1 is 1.08 bits per heavy atom. The van der Waals surface area contributed by atoms with Crippen LogP contribution in [0.4, 0.5) is 4.79 Å². The normalized spacial score (nSPS) is 16.9. The first-order valence-corrected chi connectivity index (χ1v) is 9.23. The van der Waals surface area contributed by atoms with Gasteiger partial charge in [0.15, 0.2) is 0 Å². The van der Waals surface area contributed by atoms with Crippen molar-refractivity contribution in [1.82, 2.24) is 15.1 Å². The molecule has 2 aliphatic rings. The van der Waals surface area contributed by atoms with Crippen LogP contribution in [0.3, 0.4) is 0 Å². The summed E-state index contributed by atoms with van der Waals surface area (Å²) in [5, 5.41) is 2.71. The van der Waals surface area contributed by atoms with E-state index in [1.165, 1.54) is 16.7 Å². The average molecular weight is 351 g/mol. The molecule has 2 heterocycles. The van der Waals surface area contributed by atoms with Gasteiger partial charge in [-0.25, -0.2) is 4.79 Å². The fraction of sp³-hybridized carbons (Fsp3) is 0.381. The lowest BCUT2D eigenvalue weighted by Crippen LogP contribution is -2.38. The Labute approximate surface area is 154 Å². The number of hydrogen-bond acceptors (Lipinski definition) is 3. The van der Waals surface area contributed by atoms with Gasteiger partial charge in [0.25, 0.3) is 0 Å². The maximum absolute atomic E-state index is 12.0. The first-order chi connectivity index (χ1) is 12.7. The first kappa shape index (κ1) is 16.9. The maximum atomic E-state index is 12.0. The molecule has 2 aliphatic heterocycles. The summed E-state index contributed by atoms with van der Waals surface area (Å²) < 4.78 is 5.83. The molecule has 0 unspecified atom stereocenters. The number of carbonyl (C=O) groups is 1. The quantitative estimate of drug-likeness (QED) is 0.905. The number of benzene rings is 2. The van der Waals surface area contributed by atoms with Crippen molar-refractivity contribution in [2.75, 3.05) is 26.7 Å². The third-order valence-electron chi connectivity index (χ3n) is 5.22. The maximum Gasteiger partial charge on any atom is 0.317 e. The Balaban J connectivity index is 1.49. The fourth-order valence-electron chi connectivity index (χ4n) is 3.82. The van der Waals surface area contributed by atoms with E-state index in [-0.39, 0.29) is 6.03 Å². The van der Waals surface area contributed by atoms with Gasteiger partial charge < -0.3 is 15.0 Å². The molecule has 2 amide bonds. The SMILES string of the molecule is CNC(=O)N1CCOc2ccc(CN3CCc4ccccc4C3)cc2C1. The molecule has 0 atom stereocenters. The van der Waals surface area contributed by atoms with E-state index in [0.717, 1.165) is 37.4 Å². The summed E-state index contributed by atoms with van der Waals surface area (Å²) in [7, 11) is 1.67. The van der Waals surface area contributed by atoms with Gasteiger partial charge in [-0.15, -0.1) is 0 Å². The fourth-order valence-corrected chi connectivity index (χ4v) is 3.82. The third-order valence-corrected chi connectivity index (χ3v) is 5.22. The van der Waals surface area contributed by atoms with Crippen LogP contribution in [0.15, 0.2) is 42.5 Å². The lowest BCUT2D eigenvalue weighted by molar-refractivity contribution is 0.190. The molecule has 0 spiro atoms. The van der Waals surface area contributed by atoms with Crippen LogP contribution in [0.25, 0.3) is 0 Å². The lowest BCUT2D eigenvalue weighted by Gasteiger charge is -2.29. The molecule has 5 nitrogen and oxygen atoms in total. The standard InChI is InChI=1S/C21H25N3O2/c1-22-21(25)24-10-11-26-20-7-6-16(12-19(20)15-24)13-23-9-8-17-4-2-3-5-18(17)14-23/h2-7,12H,8-11,13-15H2,1H3,(H,22,25). The van der Waals surface area contributed by atoms with E-state index in [2.05, 4.69) is 52.7 Å². The summed E-state index contributed by atoms with van der Waals surface area (Å²) in [6.45, 7) is 4.71. The molecule has 0 saturated carbocycles. The summed E-state index contributed by atoms with van der Waals surface area (Å²) in [5.41, 5.74) is 5.26. The highest BCUT2D eigenvalue weighted by Crippen LogP contribution is 2.26. The van der Waals surface area contributed by atoms with E-state index in [4.69, 9.17) is 4.74 Å². The predicted molar refractivity (Wildman–Crippen MR) is 101 cm³/mol. The van der Waals surface area contributed by atoms with Crippen molar-refractivity contribution >= 4 is 6.03 Å². The van der Waals surface area contributed by atoms with Crippen molar-refractivity contribution < 1.29 is 9.53 Å². The minimum atomic E-state index is -0.0560. The molecule has 0 aromatic heterocycles. The van der Waals surface area contributed by atoms with Crippen LogP contribution in [-0.2, 0) is 26.1 Å². The smallest absolute Gasteiger partial charge is 0.317 e. The summed E-state index contributed by atoms with van der Waals surface area (Å²) in [5.74, 6) is 0.893. The van der Waals surface area contributed by atoms with Crippen LogP contribution in [-0.4, -0.2) is 42.6 Å². The van der Waals surface area contributed by atoms with Gasteiger partial charge in [0, 0.05) is 32.2 Å². The number of carbonyl (C=O) groups excluding carboxylic acids is 1. The minimum absolute atomic E-state index is 0.0560. The van der Waals surface area contributed by atoms with Crippen molar-refractivity contribution in [2.24, 2.45) is 0 Å². The summed E-state index contributed by atoms with van der Waals surface area (Å²) in [6.07, 6.45) is 1.11. The molecule has 2 aromatic rings. The van der Waals surface area contributed by atoms with Crippen LogP contribution >= 0.6 is 0 Å². The lowest BCUT2D eigenvalue weighted by atomic mass is 9.99. The number of urea groups is 1. The molecule has 26 heavy (non-hydrogen) atoms. The van der Waals surface area contributed by atoms with Crippen LogP contribution in [0.2, 0.25) is 0 Å². The molecule has 0 aliphatic carbocycles. The number of ether oxygens (including phenoxy) is 1. The highest BCUT2D eigenvalue weighted by atomic mass is 16.5. The first-order valence-electron chi connectivity index (χ1n) is 9.23. The van der Waals surface area contributed by atoms with Gasteiger partial charge in [-0.2, -0.15) is 0 Å². The monoisotopic (exact) mass is 351 g/mol. The molecule has 1 N–H and O–H groups in total. The van der Waals surface area contributed by atoms with Crippen LogP contribution in [0.1, 0.15) is 22.3 Å². The molecule has 0 bridgehead atoms. The van der Waals surface area contributed by atoms with Crippen LogP contribution in [0, 0.1) is 0 Å². The zero-order chi connectivity index (χ0) is 17.9. The van der Waals surface area contributed by atoms with E-state index in [0.29, 0.717) is 19.7 Å². The molecule has 2 aromatic carbocycles. The summed E-state index contributed by atoms with van der Waals surface area (Å²) >= 11 is 0. The Hall–Kier alpha value is -2.53. The van der Waals surface area contributed by atoms with Crippen molar-refractivity contribution in [3.63, 3.8) is 0 Å². The Kier molecular flexibility index (Phi) is 4.80. The largest absolute Gasteiger partial charge is 0.491 e. The number of rotatable bonds is 2. The zero-order valence-electron chi connectivity index (χ0n) is 15.2. The second kappa shape index (κ2) is 7.38. The van der Waals surface area contributed by atoms with E-state index in [1.54, 1.807) is 11.9 Å². The molecule has 4 rings (SSSR count). The second-order valence-corrected chi connectivity index (χ2v) is 7.00. The van der Waals surface area contributed by atoms with Gasteiger partial charge in [-0.3, -0.25) is 4.90 Å². The topological polar surface area (TPSA) is 44.8 Å². The van der Waals surface area contributed by atoms with Gasteiger partial charge >= 0.3 is 6.03 Å². The zero-order valence-corrected chi connectivity index (χ0v) is 15.2. The van der Waals surface area contributed by atoms with Crippen LogP contribution in [0.5, 0.6) is 5.75 Å². The van der Waals surface area contributed by atoms with Crippen molar-refractivity contribution in [1.29, 1.82) is 0 Å². The highest BCUT2D eigenvalue weighted by molar-refractivity contribution is 5.74. The average Bonchev–Trinajstić information content (AvgIpc) is 2.89. The van der Waals surface area contributed by atoms with Gasteiger partial charge in [0.05, 0.1) is 13.1 Å². The van der Waals surface area contributed by atoms with Gasteiger partial charge in [-0.1, -0.05) is 30.3 Å². The minimum Gasteiger partial charge on any atom is -0.491 e. The molecule has 0 radical (unpaired) electrons. The van der Waals surface area contributed by atoms with Gasteiger partial charge in [0.2, 0.25) is 0 Å². The molecular formula is C21H25N3O2. The molecular weight excluding hydrogens is 326 g/mol. The Morgan fingerprint density at radius 2 is 1.92 bits per heavy atom.